The highest BCUT2D eigenvalue weighted by Gasteiger charge is 2.13. The van der Waals surface area contributed by atoms with Gasteiger partial charge in [0.05, 0.1) is 7.11 Å². The van der Waals surface area contributed by atoms with Crippen LogP contribution >= 0.6 is 0 Å². The largest absolute Gasteiger partial charge is 0.467 e. The van der Waals surface area contributed by atoms with Crippen molar-refractivity contribution in [2.75, 3.05) is 31.3 Å². The van der Waals surface area contributed by atoms with Crippen LogP contribution in [0.4, 0.5) is 11.9 Å². The van der Waals surface area contributed by atoms with Crippen LogP contribution in [0.15, 0.2) is 0 Å². The van der Waals surface area contributed by atoms with Gasteiger partial charge in [0.2, 0.25) is 11.9 Å². The van der Waals surface area contributed by atoms with Crippen molar-refractivity contribution >= 4 is 11.9 Å². The van der Waals surface area contributed by atoms with Gasteiger partial charge in [-0.1, -0.05) is 32.1 Å². The Hall–Kier alpha value is -1.59. The maximum absolute atomic E-state index is 5.05. The summed E-state index contributed by atoms with van der Waals surface area (Å²) in [4.78, 5) is 12.5. The van der Waals surface area contributed by atoms with Crippen molar-refractivity contribution in [1.29, 1.82) is 0 Å². The molecule has 1 aliphatic rings. The number of anilines is 2. The Morgan fingerprint density at radius 1 is 1.11 bits per heavy atom. The van der Waals surface area contributed by atoms with Crippen LogP contribution in [0.3, 0.4) is 0 Å². The van der Waals surface area contributed by atoms with Gasteiger partial charge < -0.3 is 15.4 Å². The highest BCUT2D eigenvalue weighted by Crippen LogP contribution is 2.26. The molecule has 1 aliphatic carbocycles. The average molecular weight is 265 g/mol. The van der Waals surface area contributed by atoms with Gasteiger partial charge in [-0.15, -0.1) is 0 Å². The SMILES string of the molecule is CNc1nc(NCCC2CCCCC2)nc(OC)n1. The fourth-order valence-corrected chi connectivity index (χ4v) is 2.50. The first kappa shape index (κ1) is 13.8. The van der Waals surface area contributed by atoms with Crippen LogP contribution in [-0.4, -0.2) is 35.7 Å². The summed E-state index contributed by atoms with van der Waals surface area (Å²) in [5.41, 5.74) is 0. The molecule has 19 heavy (non-hydrogen) atoms. The van der Waals surface area contributed by atoms with E-state index in [0.717, 1.165) is 12.5 Å². The molecule has 0 amide bonds. The van der Waals surface area contributed by atoms with E-state index >= 15 is 0 Å². The number of nitrogens with zero attached hydrogens (tertiary/aromatic N) is 3. The third-order valence-electron chi connectivity index (χ3n) is 3.58. The second-order valence-electron chi connectivity index (χ2n) is 4.94. The first-order valence-electron chi connectivity index (χ1n) is 7.03. The van der Waals surface area contributed by atoms with Crippen molar-refractivity contribution in [3.63, 3.8) is 0 Å². The van der Waals surface area contributed by atoms with Gasteiger partial charge in [-0.05, 0) is 12.3 Å². The van der Waals surface area contributed by atoms with E-state index in [1.165, 1.54) is 38.5 Å². The van der Waals surface area contributed by atoms with E-state index in [1.54, 1.807) is 14.2 Å². The van der Waals surface area contributed by atoms with Crippen LogP contribution in [0.5, 0.6) is 6.01 Å². The number of nitrogens with one attached hydrogen (secondary N) is 2. The molecule has 1 heterocycles. The number of ether oxygens (including phenoxy) is 1. The molecule has 0 atom stereocenters. The molecule has 1 fully saturated rings. The van der Waals surface area contributed by atoms with Crippen molar-refractivity contribution in [3.05, 3.63) is 0 Å². The zero-order valence-corrected chi connectivity index (χ0v) is 11.8. The van der Waals surface area contributed by atoms with Crippen LogP contribution in [-0.2, 0) is 0 Å². The zero-order valence-electron chi connectivity index (χ0n) is 11.8. The van der Waals surface area contributed by atoms with Gasteiger partial charge in [-0.3, -0.25) is 0 Å². The number of aromatic nitrogens is 3. The normalized spacial score (nSPS) is 16.1. The standard InChI is InChI=1S/C13H23N5O/c1-14-11-16-12(18-13(17-11)19-2)15-9-8-10-6-4-3-5-7-10/h10H,3-9H2,1-2H3,(H2,14,15,16,17,18). The Balaban J connectivity index is 1.84. The Morgan fingerprint density at radius 2 is 1.84 bits per heavy atom. The molecule has 106 valence electrons. The number of hydrogen-bond donors (Lipinski definition) is 2. The number of rotatable bonds is 6. The van der Waals surface area contributed by atoms with Gasteiger partial charge >= 0.3 is 6.01 Å². The molecule has 0 unspecified atom stereocenters. The lowest BCUT2D eigenvalue weighted by Gasteiger charge is -2.21. The summed E-state index contributed by atoms with van der Waals surface area (Å²) in [5.74, 6) is 1.95. The fraction of sp³-hybridized carbons (Fsp3) is 0.769. The van der Waals surface area contributed by atoms with Crippen molar-refractivity contribution < 1.29 is 4.74 Å². The quantitative estimate of drug-likeness (QED) is 0.822. The minimum absolute atomic E-state index is 0.333. The Kier molecular flexibility index (Phi) is 5.18. The summed E-state index contributed by atoms with van der Waals surface area (Å²) < 4.78 is 5.05. The topological polar surface area (TPSA) is 72.0 Å². The highest BCUT2D eigenvalue weighted by molar-refractivity contribution is 5.35. The summed E-state index contributed by atoms with van der Waals surface area (Å²) in [6.07, 6.45) is 8.08. The molecule has 0 aromatic carbocycles. The van der Waals surface area contributed by atoms with E-state index in [4.69, 9.17) is 4.74 Å². The second-order valence-corrected chi connectivity index (χ2v) is 4.94. The Morgan fingerprint density at radius 3 is 2.53 bits per heavy atom. The monoisotopic (exact) mass is 265 g/mol. The van der Waals surface area contributed by atoms with Crippen molar-refractivity contribution in [3.8, 4) is 6.01 Å². The Labute approximate surface area is 114 Å². The summed E-state index contributed by atoms with van der Waals surface area (Å²) in [6, 6.07) is 0.333. The minimum atomic E-state index is 0.333. The van der Waals surface area contributed by atoms with Crippen LogP contribution in [0.2, 0.25) is 0 Å². The molecule has 1 aromatic heterocycles. The fourth-order valence-electron chi connectivity index (χ4n) is 2.50. The molecule has 0 aliphatic heterocycles. The summed E-state index contributed by atoms with van der Waals surface area (Å²) >= 11 is 0. The van der Waals surface area contributed by atoms with Gasteiger partial charge in [-0.25, -0.2) is 0 Å². The lowest BCUT2D eigenvalue weighted by atomic mass is 9.87. The third kappa shape index (κ3) is 4.22. The first-order valence-corrected chi connectivity index (χ1v) is 7.03. The molecular formula is C13H23N5O. The molecule has 6 nitrogen and oxygen atoms in total. The van der Waals surface area contributed by atoms with Gasteiger partial charge in [0.15, 0.2) is 0 Å². The van der Waals surface area contributed by atoms with E-state index in [0.29, 0.717) is 17.9 Å². The van der Waals surface area contributed by atoms with E-state index in [1.807, 2.05) is 0 Å². The molecule has 2 rings (SSSR count). The van der Waals surface area contributed by atoms with Gasteiger partial charge in [0, 0.05) is 13.6 Å². The predicted molar refractivity (Wildman–Crippen MR) is 75.6 cm³/mol. The summed E-state index contributed by atoms with van der Waals surface area (Å²) in [5, 5.41) is 6.16. The third-order valence-corrected chi connectivity index (χ3v) is 3.58. The van der Waals surface area contributed by atoms with E-state index in [9.17, 15) is 0 Å². The highest BCUT2D eigenvalue weighted by atomic mass is 16.5. The zero-order chi connectivity index (χ0) is 13.5. The molecule has 2 N–H and O–H groups in total. The average Bonchev–Trinajstić information content (AvgIpc) is 2.48. The second kappa shape index (κ2) is 7.11. The Bertz CT molecular complexity index is 370. The molecule has 1 aromatic rings. The van der Waals surface area contributed by atoms with Crippen LogP contribution in [0, 0.1) is 5.92 Å². The summed E-state index contributed by atoms with van der Waals surface area (Å²) in [7, 11) is 3.33. The summed E-state index contributed by atoms with van der Waals surface area (Å²) in [6.45, 7) is 0.904. The van der Waals surface area contributed by atoms with Crippen LogP contribution in [0.1, 0.15) is 38.5 Å². The molecule has 0 saturated heterocycles. The molecule has 6 heteroatoms. The lowest BCUT2D eigenvalue weighted by Crippen LogP contribution is -2.14. The molecule has 0 bridgehead atoms. The van der Waals surface area contributed by atoms with Crippen molar-refractivity contribution in [2.45, 2.75) is 38.5 Å². The number of methoxy groups -OCH3 is 1. The van der Waals surface area contributed by atoms with Crippen molar-refractivity contribution in [1.82, 2.24) is 15.0 Å². The molecular weight excluding hydrogens is 242 g/mol. The van der Waals surface area contributed by atoms with E-state index in [-0.39, 0.29) is 0 Å². The first-order chi connectivity index (χ1) is 9.31. The maximum atomic E-state index is 5.05. The van der Waals surface area contributed by atoms with Crippen LogP contribution in [0.25, 0.3) is 0 Å². The van der Waals surface area contributed by atoms with Crippen LogP contribution < -0.4 is 15.4 Å². The number of hydrogen-bond acceptors (Lipinski definition) is 6. The van der Waals surface area contributed by atoms with Crippen molar-refractivity contribution in [2.24, 2.45) is 5.92 Å². The van der Waals surface area contributed by atoms with E-state index < -0.39 is 0 Å². The molecule has 0 spiro atoms. The van der Waals surface area contributed by atoms with Gasteiger partial charge in [-0.2, -0.15) is 15.0 Å². The smallest absolute Gasteiger partial charge is 0.322 e. The predicted octanol–water partition coefficient (Wildman–Crippen LogP) is 2.30. The lowest BCUT2D eigenvalue weighted by molar-refractivity contribution is 0.345. The van der Waals surface area contributed by atoms with Gasteiger partial charge in [0.1, 0.15) is 0 Å². The molecule has 1 saturated carbocycles. The molecule has 0 radical (unpaired) electrons. The van der Waals surface area contributed by atoms with E-state index in [2.05, 4.69) is 25.6 Å². The van der Waals surface area contributed by atoms with Gasteiger partial charge in [0.25, 0.3) is 0 Å². The minimum Gasteiger partial charge on any atom is -0.467 e. The maximum Gasteiger partial charge on any atom is 0.322 e.